The predicted octanol–water partition coefficient (Wildman–Crippen LogP) is 0.218. The van der Waals surface area contributed by atoms with Crippen LogP contribution < -0.4 is 10.6 Å². The van der Waals surface area contributed by atoms with Gasteiger partial charge in [-0.05, 0) is 17.7 Å². The molecule has 1 saturated heterocycles. The highest BCUT2D eigenvalue weighted by atomic mass is 16.6. The van der Waals surface area contributed by atoms with Gasteiger partial charge in [-0.1, -0.05) is 0 Å². The molecule has 25 heavy (non-hydrogen) atoms. The van der Waals surface area contributed by atoms with E-state index in [9.17, 15) is 24.5 Å². The van der Waals surface area contributed by atoms with Gasteiger partial charge in [0.05, 0.1) is 23.6 Å². The molecule has 1 atom stereocenters. The van der Waals surface area contributed by atoms with Crippen LogP contribution in [0.4, 0.5) is 10.5 Å². The number of amides is 3. The van der Waals surface area contributed by atoms with Crippen LogP contribution in [0.2, 0.25) is 0 Å². The number of ether oxygens (including phenoxy) is 1. The molecule has 130 valence electrons. The molecule has 1 aromatic rings. The van der Waals surface area contributed by atoms with E-state index >= 15 is 0 Å². The number of hydrogen-bond acceptors (Lipinski definition) is 6. The van der Waals surface area contributed by atoms with Gasteiger partial charge in [0.1, 0.15) is 5.70 Å². The number of nitro groups is 1. The fraction of sp³-hybridized carbons (Fsp3) is 0.267. The van der Waals surface area contributed by atoms with Crippen LogP contribution in [0.3, 0.4) is 0 Å². The van der Waals surface area contributed by atoms with E-state index in [1.807, 2.05) is 0 Å². The zero-order chi connectivity index (χ0) is 18.1. The average Bonchev–Trinajstić information content (AvgIpc) is 2.61. The first-order valence-corrected chi connectivity index (χ1v) is 7.37. The average molecular weight is 346 g/mol. The van der Waals surface area contributed by atoms with Crippen LogP contribution in [0.25, 0.3) is 0 Å². The van der Waals surface area contributed by atoms with Gasteiger partial charge in [0.15, 0.2) is 0 Å². The summed E-state index contributed by atoms with van der Waals surface area (Å²) in [6.07, 6.45) is 0. The summed E-state index contributed by atoms with van der Waals surface area (Å²) < 4.78 is 4.77. The summed E-state index contributed by atoms with van der Waals surface area (Å²) in [5.41, 5.74) is 0.207. The molecule has 0 radical (unpaired) electrons. The molecule has 3 amide bonds. The second-order valence-corrected chi connectivity index (χ2v) is 5.39. The Kier molecular flexibility index (Phi) is 4.09. The summed E-state index contributed by atoms with van der Waals surface area (Å²) in [5.74, 6) is -1.31. The number of rotatable bonds is 3. The summed E-state index contributed by atoms with van der Waals surface area (Å²) in [6, 6.07) is 3.88. The first-order valence-electron chi connectivity index (χ1n) is 7.37. The third-order valence-corrected chi connectivity index (χ3v) is 4.01. The van der Waals surface area contributed by atoms with Crippen LogP contribution in [0.5, 0.6) is 0 Å². The van der Waals surface area contributed by atoms with Crippen LogP contribution >= 0.6 is 0 Å². The van der Waals surface area contributed by atoms with Crippen molar-refractivity contribution in [2.75, 3.05) is 20.2 Å². The number of fused-ring (bicyclic) bond motifs is 1. The summed E-state index contributed by atoms with van der Waals surface area (Å²) in [4.78, 5) is 48.3. The van der Waals surface area contributed by atoms with Crippen molar-refractivity contribution in [3.8, 4) is 0 Å². The third kappa shape index (κ3) is 2.77. The molecular weight excluding hydrogens is 332 g/mol. The SMILES string of the molecule is COC(=O)C1=C2C(=O)NCCN2C(=O)NC1c1ccc([N+](=O)[O-])cc1. The maximum atomic E-state index is 12.3. The minimum absolute atomic E-state index is 0.0202. The van der Waals surface area contributed by atoms with Gasteiger partial charge in [-0.3, -0.25) is 19.8 Å². The van der Waals surface area contributed by atoms with E-state index in [0.29, 0.717) is 5.56 Å². The summed E-state index contributed by atoms with van der Waals surface area (Å²) in [6.45, 7) is 0.493. The molecule has 0 aromatic heterocycles. The number of carbonyl (C=O) groups excluding carboxylic acids is 3. The molecule has 2 aliphatic rings. The minimum Gasteiger partial charge on any atom is -0.466 e. The highest BCUT2D eigenvalue weighted by Crippen LogP contribution is 2.33. The Morgan fingerprint density at radius 2 is 2.00 bits per heavy atom. The predicted molar refractivity (Wildman–Crippen MR) is 83.1 cm³/mol. The van der Waals surface area contributed by atoms with Gasteiger partial charge in [-0.25, -0.2) is 9.59 Å². The molecule has 2 heterocycles. The van der Waals surface area contributed by atoms with Crippen molar-refractivity contribution in [2.45, 2.75) is 6.04 Å². The van der Waals surface area contributed by atoms with Crippen molar-refractivity contribution in [1.82, 2.24) is 15.5 Å². The summed E-state index contributed by atoms with van der Waals surface area (Å²) in [5, 5.41) is 16.0. The lowest BCUT2D eigenvalue weighted by molar-refractivity contribution is -0.384. The van der Waals surface area contributed by atoms with Gasteiger partial charge in [-0.2, -0.15) is 0 Å². The van der Waals surface area contributed by atoms with E-state index in [0.717, 1.165) is 0 Å². The largest absolute Gasteiger partial charge is 0.466 e. The number of benzene rings is 1. The van der Waals surface area contributed by atoms with Gasteiger partial charge in [0.25, 0.3) is 11.6 Å². The number of non-ortho nitro benzene ring substituents is 1. The Labute approximate surface area is 141 Å². The highest BCUT2D eigenvalue weighted by molar-refractivity contribution is 6.08. The molecule has 2 N–H and O–H groups in total. The molecule has 1 unspecified atom stereocenters. The fourth-order valence-corrected chi connectivity index (χ4v) is 2.84. The second-order valence-electron chi connectivity index (χ2n) is 5.39. The molecule has 10 nitrogen and oxygen atoms in total. The number of nitrogens with zero attached hydrogens (tertiary/aromatic N) is 2. The fourth-order valence-electron chi connectivity index (χ4n) is 2.84. The first-order chi connectivity index (χ1) is 11.9. The molecule has 0 spiro atoms. The van der Waals surface area contributed by atoms with Crippen LogP contribution in [0, 0.1) is 10.1 Å². The van der Waals surface area contributed by atoms with Crippen molar-refractivity contribution in [1.29, 1.82) is 0 Å². The molecule has 0 aliphatic carbocycles. The van der Waals surface area contributed by atoms with E-state index < -0.39 is 28.9 Å². The zero-order valence-corrected chi connectivity index (χ0v) is 13.1. The number of piperazine rings is 1. The Morgan fingerprint density at radius 1 is 1.32 bits per heavy atom. The smallest absolute Gasteiger partial charge is 0.338 e. The standard InChI is InChI=1S/C15H14N4O6/c1-25-14(21)10-11(8-2-4-9(5-3-8)19(23)24)17-15(22)18-7-6-16-13(20)12(10)18/h2-5,11H,6-7H2,1H3,(H,16,20)(H,17,22). The maximum Gasteiger partial charge on any atom is 0.338 e. The Bertz CT molecular complexity index is 801. The molecule has 0 saturated carbocycles. The van der Waals surface area contributed by atoms with E-state index in [1.54, 1.807) is 0 Å². The molecule has 10 heteroatoms. The van der Waals surface area contributed by atoms with E-state index in [-0.39, 0.29) is 30.0 Å². The lowest BCUT2D eigenvalue weighted by atomic mass is 9.93. The Balaban J connectivity index is 2.12. The monoisotopic (exact) mass is 346 g/mol. The number of hydrogen-bond donors (Lipinski definition) is 2. The molecular formula is C15H14N4O6. The van der Waals surface area contributed by atoms with Crippen LogP contribution in [-0.2, 0) is 14.3 Å². The molecule has 3 rings (SSSR count). The van der Waals surface area contributed by atoms with Gasteiger partial charge < -0.3 is 15.4 Å². The van der Waals surface area contributed by atoms with Crippen LogP contribution in [0.1, 0.15) is 11.6 Å². The van der Waals surface area contributed by atoms with Crippen LogP contribution in [-0.4, -0.2) is 47.9 Å². The zero-order valence-electron chi connectivity index (χ0n) is 13.1. The normalized spacial score (nSPS) is 19.7. The first kappa shape index (κ1) is 16.4. The number of methoxy groups -OCH3 is 1. The minimum atomic E-state index is -0.948. The van der Waals surface area contributed by atoms with Crippen LogP contribution in [0.15, 0.2) is 35.5 Å². The summed E-state index contributed by atoms with van der Waals surface area (Å²) >= 11 is 0. The highest BCUT2D eigenvalue weighted by Gasteiger charge is 2.42. The Hall–Kier alpha value is -3.43. The van der Waals surface area contributed by atoms with Gasteiger partial charge >= 0.3 is 12.0 Å². The molecule has 0 bridgehead atoms. The number of esters is 1. The van der Waals surface area contributed by atoms with Gasteiger partial charge in [-0.15, -0.1) is 0 Å². The van der Waals surface area contributed by atoms with Gasteiger partial charge in [0, 0.05) is 25.2 Å². The van der Waals surface area contributed by atoms with Crippen molar-refractivity contribution in [3.05, 3.63) is 51.2 Å². The Morgan fingerprint density at radius 3 is 2.60 bits per heavy atom. The van der Waals surface area contributed by atoms with E-state index in [4.69, 9.17) is 4.74 Å². The van der Waals surface area contributed by atoms with Crippen molar-refractivity contribution >= 4 is 23.6 Å². The second kappa shape index (κ2) is 6.23. The van der Waals surface area contributed by atoms with E-state index in [2.05, 4.69) is 10.6 Å². The lowest BCUT2D eigenvalue weighted by Crippen LogP contribution is -2.57. The lowest BCUT2D eigenvalue weighted by Gasteiger charge is -2.38. The van der Waals surface area contributed by atoms with Crippen molar-refractivity contribution in [3.63, 3.8) is 0 Å². The summed E-state index contributed by atoms with van der Waals surface area (Å²) in [7, 11) is 1.17. The number of carbonyl (C=O) groups is 3. The number of nitro benzene ring substituents is 1. The van der Waals surface area contributed by atoms with Crippen molar-refractivity contribution in [2.24, 2.45) is 0 Å². The maximum absolute atomic E-state index is 12.3. The van der Waals surface area contributed by atoms with Gasteiger partial charge in [0.2, 0.25) is 0 Å². The quantitative estimate of drug-likeness (QED) is 0.457. The third-order valence-electron chi connectivity index (χ3n) is 4.01. The number of nitrogens with one attached hydrogen (secondary N) is 2. The topological polar surface area (TPSA) is 131 Å². The molecule has 1 fully saturated rings. The van der Waals surface area contributed by atoms with E-state index in [1.165, 1.54) is 36.3 Å². The number of urea groups is 1. The molecule has 2 aliphatic heterocycles. The molecule has 1 aromatic carbocycles. The van der Waals surface area contributed by atoms with Crippen molar-refractivity contribution < 1.29 is 24.0 Å².